The zero-order valence-electron chi connectivity index (χ0n) is 16.8. The maximum Gasteiger partial charge on any atom is 0.417 e. The molecule has 0 aliphatic rings. The standard InChI is InChI=1S/C23H18Cl3F3N2O/c1-31(13-15-8-5-9-19(25)20(15)26)21(14-6-3-2-4-7-14)22(32)30-16-10-11-18(24)17(12-16)23(27,28)29/h2-12,21H,13H2,1H3,(H,30,32)/t21-/m0/s1. The van der Waals surface area contributed by atoms with Crippen molar-refractivity contribution in [2.45, 2.75) is 18.8 Å². The van der Waals surface area contributed by atoms with Gasteiger partial charge in [0.2, 0.25) is 5.91 Å². The quantitative estimate of drug-likeness (QED) is 0.380. The summed E-state index contributed by atoms with van der Waals surface area (Å²) in [4.78, 5) is 15.0. The second-order valence-corrected chi connectivity index (χ2v) is 8.32. The van der Waals surface area contributed by atoms with Crippen LogP contribution in [0.15, 0.2) is 66.7 Å². The highest BCUT2D eigenvalue weighted by Gasteiger charge is 2.34. The zero-order chi connectivity index (χ0) is 23.5. The Hall–Kier alpha value is -2.25. The highest BCUT2D eigenvalue weighted by atomic mass is 35.5. The molecule has 0 radical (unpaired) electrons. The van der Waals surface area contributed by atoms with Gasteiger partial charge in [0.15, 0.2) is 0 Å². The molecule has 0 saturated carbocycles. The number of halogens is 6. The molecule has 0 aromatic heterocycles. The van der Waals surface area contributed by atoms with Crippen LogP contribution in [0, 0.1) is 0 Å². The summed E-state index contributed by atoms with van der Waals surface area (Å²) in [5.41, 5.74) is 0.339. The van der Waals surface area contributed by atoms with E-state index < -0.39 is 28.7 Å². The smallest absolute Gasteiger partial charge is 0.324 e. The number of amides is 1. The number of hydrogen-bond acceptors (Lipinski definition) is 2. The predicted molar refractivity (Wildman–Crippen MR) is 122 cm³/mol. The summed E-state index contributed by atoms with van der Waals surface area (Å²) in [6, 6.07) is 16.5. The zero-order valence-corrected chi connectivity index (χ0v) is 19.0. The van der Waals surface area contributed by atoms with Crippen LogP contribution in [0.4, 0.5) is 18.9 Å². The third-order valence-corrected chi connectivity index (χ3v) is 5.98. The minimum Gasteiger partial charge on any atom is -0.324 e. The van der Waals surface area contributed by atoms with Gasteiger partial charge < -0.3 is 5.32 Å². The number of rotatable bonds is 6. The van der Waals surface area contributed by atoms with E-state index in [4.69, 9.17) is 34.8 Å². The lowest BCUT2D eigenvalue weighted by atomic mass is 10.0. The average Bonchev–Trinajstić information content (AvgIpc) is 2.73. The fourth-order valence-electron chi connectivity index (χ4n) is 3.30. The lowest BCUT2D eigenvalue weighted by Crippen LogP contribution is -2.34. The van der Waals surface area contributed by atoms with Crippen LogP contribution >= 0.6 is 34.8 Å². The van der Waals surface area contributed by atoms with Crippen LogP contribution in [-0.2, 0) is 17.5 Å². The van der Waals surface area contributed by atoms with Crippen molar-refractivity contribution in [1.29, 1.82) is 0 Å². The van der Waals surface area contributed by atoms with E-state index in [1.807, 2.05) is 0 Å². The molecule has 9 heteroatoms. The number of carbonyl (C=O) groups is 1. The minimum atomic E-state index is -4.64. The van der Waals surface area contributed by atoms with Crippen LogP contribution < -0.4 is 5.32 Å². The molecule has 0 unspecified atom stereocenters. The second-order valence-electron chi connectivity index (χ2n) is 7.12. The Kier molecular flexibility index (Phi) is 7.72. The number of carbonyl (C=O) groups excluding carboxylic acids is 1. The Bertz CT molecular complexity index is 1110. The molecule has 3 aromatic rings. The molecule has 3 nitrogen and oxygen atoms in total. The molecule has 1 atom stereocenters. The number of nitrogens with zero attached hydrogens (tertiary/aromatic N) is 1. The molecule has 1 N–H and O–H groups in total. The number of anilines is 1. The molecular formula is C23H18Cl3F3N2O. The predicted octanol–water partition coefficient (Wildman–Crippen LogP) is 7.48. The lowest BCUT2D eigenvalue weighted by molar-refractivity contribution is -0.137. The molecule has 3 aromatic carbocycles. The van der Waals surface area contributed by atoms with E-state index in [2.05, 4.69) is 5.32 Å². The number of likely N-dealkylation sites (N-methyl/N-ethyl adjacent to an activating group) is 1. The molecule has 0 fully saturated rings. The summed E-state index contributed by atoms with van der Waals surface area (Å²) in [7, 11) is 1.72. The fraction of sp³-hybridized carbons (Fsp3) is 0.174. The van der Waals surface area contributed by atoms with E-state index in [9.17, 15) is 18.0 Å². The first-order valence-corrected chi connectivity index (χ1v) is 10.6. The molecule has 0 heterocycles. The normalized spacial score (nSPS) is 12.6. The summed E-state index contributed by atoms with van der Waals surface area (Å²) in [5, 5.41) is 2.90. The molecule has 0 aliphatic carbocycles. The van der Waals surface area contributed by atoms with Gasteiger partial charge in [0.05, 0.1) is 20.6 Å². The maximum absolute atomic E-state index is 13.2. The van der Waals surface area contributed by atoms with Crippen LogP contribution in [0.5, 0.6) is 0 Å². The van der Waals surface area contributed by atoms with Gasteiger partial charge in [-0.3, -0.25) is 9.69 Å². The van der Waals surface area contributed by atoms with Gasteiger partial charge in [-0.1, -0.05) is 77.3 Å². The van der Waals surface area contributed by atoms with E-state index in [-0.39, 0.29) is 12.2 Å². The largest absolute Gasteiger partial charge is 0.417 e. The van der Waals surface area contributed by atoms with Crippen LogP contribution in [0.1, 0.15) is 22.7 Å². The summed E-state index contributed by atoms with van der Waals surface area (Å²) in [6.45, 7) is 0.279. The Balaban J connectivity index is 1.91. The van der Waals surface area contributed by atoms with Crippen molar-refractivity contribution in [3.63, 3.8) is 0 Å². The van der Waals surface area contributed by atoms with Gasteiger partial charge in [0, 0.05) is 12.2 Å². The van der Waals surface area contributed by atoms with Gasteiger partial charge in [-0.05, 0) is 42.4 Å². The van der Waals surface area contributed by atoms with E-state index in [1.165, 1.54) is 6.07 Å². The first kappa shape index (κ1) is 24.4. The van der Waals surface area contributed by atoms with Gasteiger partial charge in [-0.15, -0.1) is 0 Å². The summed E-state index contributed by atoms with van der Waals surface area (Å²) in [5.74, 6) is -0.507. The van der Waals surface area contributed by atoms with Gasteiger partial charge in [-0.2, -0.15) is 13.2 Å². The first-order chi connectivity index (χ1) is 15.1. The summed E-state index contributed by atoms with van der Waals surface area (Å²) >= 11 is 18.1. The lowest BCUT2D eigenvalue weighted by Gasteiger charge is -2.28. The topological polar surface area (TPSA) is 32.3 Å². The van der Waals surface area contributed by atoms with Crippen molar-refractivity contribution in [2.24, 2.45) is 0 Å². The molecule has 168 valence electrons. The van der Waals surface area contributed by atoms with Gasteiger partial charge in [-0.25, -0.2) is 0 Å². The molecule has 0 saturated heterocycles. The van der Waals surface area contributed by atoms with Gasteiger partial charge in [0.25, 0.3) is 0 Å². The van der Waals surface area contributed by atoms with Crippen LogP contribution in [-0.4, -0.2) is 17.9 Å². The molecule has 0 bridgehead atoms. The highest BCUT2D eigenvalue weighted by molar-refractivity contribution is 6.42. The highest BCUT2D eigenvalue weighted by Crippen LogP contribution is 2.36. The van der Waals surface area contributed by atoms with E-state index in [0.717, 1.165) is 12.1 Å². The molecule has 1 amide bonds. The van der Waals surface area contributed by atoms with E-state index >= 15 is 0 Å². The van der Waals surface area contributed by atoms with Crippen LogP contribution in [0.3, 0.4) is 0 Å². The number of benzene rings is 3. The Morgan fingerprint density at radius 3 is 2.31 bits per heavy atom. The van der Waals surface area contributed by atoms with E-state index in [1.54, 1.807) is 60.5 Å². The van der Waals surface area contributed by atoms with Gasteiger partial charge >= 0.3 is 6.18 Å². The van der Waals surface area contributed by atoms with Crippen molar-refractivity contribution in [1.82, 2.24) is 4.90 Å². The number of alkyl halides is 3. The van der Waals surface area contributed by atoms with Crippen LogP contribution in [0.25, 0.3) is 0 Å². The van der Waals surface area contributed by atoms with Crippen molar-refractivity contribution in [3.05, 3.63) is 98.5 Å². The molecule has 3 rings (SSSR count). The molecule has 0 aliphatic heterocycles. The monoisotopic (exact) mass is 500 g/mol. The maximum atomic E-state index is 13.2. The average molecular weight is 502 g/mol. The molecular weight excluding hydrogens is 484 g/mol. The Morgan fingerprint density at radius 2 is 1.66 bits per heavy atom. The second kappa shape index (κ2) is 10.1. The summed E-state index contributed by atoms with van der Waals surface area (Å²) in [6.07, 6.45) is -4.64. The Labute approximate surface area is 198 Å². The van der Waals surface area contributed by atoms with E-state index in [0.29, 0.717) is 21.2 Å². The third-order valence-electron chi connectivity index (χ3n) is 4.80. The van der Waals surface area contributed by atoms with Crippen molar-refractivity contribution in [3.8, 4) is 0 Å². The van der Waals surface area contributed by atoms with Crippen molar-refractivity contribution in [2.75, 3.05) is 12.4 Å². The fourth-order valence-corrected chi connectivity index (χ4v) is 3.91. The Morgan fingerprint density at radius 1 is 0.969 bits per heavy atom. The SMILES string of the molecule is CN(Cc1cccc(Cl)c1Cl)[C@H](C(=O)Nc1ccc(Cl)c(C(F)(F)F)c1)c1ccccc1. The molecule has 32 heavy (non-hydrogen) atoms. The third kappa shape index (κ3) is 5.75. The first-order valence-electron chi connectivity index (χ1n) is 9.43. The van der Waals surface area contributed by atoms with Crippen LogP contribution in [0.2, 0.25) is 15.1 Å². The summed E-state index contributed by atoms with van der Waals surface area (Å²) < 4.78 is 39.6. The molecule has 0 spiro atoms. The number of nitrogens with one attached hydrogen (secondary N) is 1. The van der Waals surface area contributed by atoms with Gasteiger partial charge in [0.1, 0.15) is 6.04 Å². The number of hydrogen-bond donors (Lipinski definition) is 1. The minimum absolute atomic E-state index is 0.0122. The van der Waals surface area contributed by atoms with Crippen molar-refractivity contribution < 1.29 is 18.0 Å². The van der Waals surface area contributed by atoms with Crippen molar-refractivity contribution >= 4 is 46.4 Å².